The highest BCUT2D eigenvalue weighted by atomic mass is 16.5. The van der Waals surface area contributed by atoms with Crippen molar-refractivity contribution in [1.29, 1.82) is 0 Å². The van der Waals surface area contributed by atoms with Crippen LogP contribution in [-0.2, 0) is 9.53 Å². The average molecular weight is 256 g/mol. The van der Waals surface area contributed by atoms with Crippen LogP contribution in [0.5, 0.6) is 0 Å². The summed E-state index contributed by atoms with van der Waals surface area (Å²) >= 11 is 0. The predicted octanol–water partition coefficient (Wildman–Crippen LogP) is 1.68. The summed E-state index contributed by atoms with van der Waals surface area (Å²) < 4.78 is 5.15. The molecule has 4 nitrogen and oxygen atoms in total. The number of ether oxygens (including phenoxy) is 1. The predicted molar refractivity (Wildman–Crippen MR) is 73.2 cm³/mol. The molecular formula is C14H28N2O2. The summed E-state index contributed by atoms with van der Waals surface area (Å²) in [5.41, 5.74) is 5.80. The SMILES string of the molecule is CC1(C)CC(NCCOCC(N)=O)CC(C)(C)C1. The van der Waals surface area contributed by atoms with Crippen LogP contribution in [0.2, 0.25) is 0 Å². The van der Waals surface area contributed by atoms with Gasteiger partial charge in [-0.05, 0) is 30.1 Å². The topological polar surface area (TPSA) is 64.3 Å². The number of carbonyl (C=O) groups excluding carboxylic acids is 1. The largest absolute Gasteiger partial charge is 0.370 e. The van der Waals surface area contributed by atoms with Crippen molar-refractivity contribution in [3.63, 3.8) is 0 Å². The summed E-state index contributed by atoms with van der Waals surface area (Å²) in [5.74, 6) is -0.407. The standard InChI is InChI=1S/C14H28N2O2/c1-13(2)7-11(8-14(3,4)10-13)16-5-6-18-9-12(15)17/h11,16H,5-10H2,1-4H3,(H2,15,17). The molecular weight excluding hydrogens is 228 g/mol. The van der Waals surface area contributed by atoms with Gasteiger partial charge in [0.15, 0.2) is 0 Å². The molecule has 0 aromatic rings. The maximum absolute atomic E-state index is 10.5. The number of rotatable bonds is 6. The van der Waals surface area contributed by atoms with Gasteiger partial charge in [0, 0.05) is 12.6 Å². The van der Waals surface area contributed by atoms with Crippen LogP contribution in [0.4, 0.5) is 0 Å². The Bertz CT molecular complexity index is 272. The Morgan fingerprint density at radius 2 is 1.83 bits per heavy atom. The van der Waals surface area contributed by atoms with Crippen LogP contribution in [0, 0.1) is 10.8 Å². The third kappa shape index (κ3) is 5.83. The monoisotopic (exact) mass is 256 g/mol. The summed E-state index contributed by atoms with van der Waals surface area (Å²) in [5, 5.41) is 3.53. The van der Waals surface area contributed by atoms with Crippen LogP contribution in [-0.4, -0.2) is 31.7 Å². The zero-order chi connectivity index (χ0) is 13.8. The van der Waals surface area contributed by atoms with Gasteiger partial charge in [-0.1, -0.05) is 27.7 Å². The molecule has 0 atom stereocenters. The fraction of sp³-hybridized carbons (Fsp3) is 0.929. The summed E-state index contributed by atoms with van der Waals surface area (Å²) in [6.45, 7) is 10.7. The third-order valence-electron chi connectivity index (χ3n) is 3.48. The summed E-state index contributed by atoms with van der Waals surface area (Å²) in [4.78, 5) is 10.5. The first-order valence-electron chi connectivity index (χ1n) is 6.80. The van der Waals surface area contributed by atoms with Crippen molar-refractivity contribution in [3.05, 3.63) is 0 Å². The Labute approximate surface area is 111 Å². The van der Waals surface area contributed by atoms with Gasteiger partial charge >= 0.3 is 0 Å². The van der Waals surface area contributed by atoms with Crippen molar-refractivity contribution in [3.8, 4) is 0 Å². The van der Waals surface area contributed by atoms with Gasteiger partial charge in [0.2, 0.25) is 5.91 Å². The number of hydrogen-bond donors (Lipinski definition) is 2. The van der Waals surface area contributed by atoms with E-state index in [1.165, 1.54) is 19.3 Å². The Kier molecular flexibility index (Phi) is 5.17. The summed E-state index contributed by atoms with van der Waals surface area (Å²) in [6, 6.07) is 0.543. The quantitative estimate of drug-likeness (QED) is 0.711. The Morgan fingerprint density at radius 3 is 2.33 bits per heavy atom. The minimum Gasteiger partial charge on any atom is -0.370 e. The van der Waals surface area contributed by atoms with Gasteiger partial charge < -0.3 is 15.8 Å². The minimum atomic E-state index is -0.407. The number of hydrogen-bond acceptors (Lipinski definition) is 3. The van der Waals surface area contributed by atoms with Crippen LogP contribution in [0.25, 0.3) is 0 Å². The first-order valence-corrected chi connectivity index (χ1v) is 6.80. The van der Waals surface area contributed by atoms with Crippen molar-refractivity contribution in [2.24, 2.45) is 16.6 Å². The molecule has 1 aliphatic rings. The smallest absolute Gasteiger partial charge is 0.243 e. The molecule has 1 aliphatic carbocycles. The fourth-order valence-electron chi connectivity index (χ4n) is 3.50. The van der Waals surface area contributed by atoms with Gasteiger partial charge in [-0.15, -0.1) is 0 Å². The summed E-state index contributed by atoms with van der Waals surface area (Å²) in [6.07, 6.45) is 3.68. The van der Waals surface area contributed by atoms with Crippen LogP contribution < -0.4 is 11.1 Å². The third-order valence-corrected chi connectivity index (χ3v) is 3.48. The second kappa shape index (κ2) is 6.02. The number of nitrogens with one attached hydrogen (secondary N) is 1. The molecule has 1 rings (SSSR count). The zero-order valence-corrected chi connectivity index (χ0v) is 12.2. The van der Waals surface area contributed by atoms with E-state index in [1.54, 1.807) is 0 Å². The molecule has 18 heavy (non-hydrogen) atoms. The van der Waals surface area contributed by atoms with Crippen LogP contribution in [0.3, 0.4) is 0 Å². The van der Waals surface area contributed by atoms with E-state index in [0.717, 1.165) is 6.54 Å². The van der Waals surface area contributed by atoms with E-state index in [2.05, 4.69) is 33.0 Å². The molecule has 0 aromatic heterocycles. The van der Waals surface area contributed by atoms with E-state index in [9.17, 15) is 4.79 Å². The highest BCUT2D eigenvalue weighted by Gasteiger charge is 2.37. The van der Waals surface area contributed by atoms with Crippen LogP contribution >= 0.6 is 0 Å². The van der Waals surface area contributed by atoms with Crippen LogP contribution in [0.1, 0.15) is 47.0 Å². The zero-order valence-electron chi connectivity index (χ0n) is 12.2. The number of primary amides is 1. The van der Waals surface area contributed by atoms with Crippen molar-refractivity contribution in [2.75, 3.05) is 19.8 Å². The Balaban J connectivity index is 2.27. The van der Waals surface area contributed by atoms with E-state index in [-0.39, 0.29) is 6.61 Å². The van der Waals surface area contributed by atoms with Gasteiger partial charge in [-0.25, -0.2) is 0 Å². The molecule has 0 radical (unpaired) electrons. The fourth-order valence-corrected chi connectivity index (χ4v) is 3.50. The molecule has 106 valence electrons. The Hall–Kier alpha value is -0.610. The molecule has 4 heteroatoms. The Morgan fingerprint density at radius 1 is 1.28 bits per heavy atom. The highest BCUT2D eigenvalue weighted by molar-refractivity contribution is 5.74. The lowest BCUT2D eigenvalue weighted by Crippen LogP contribution is -2.44. The molecule has 1 saturated carbocycles. The second-order valence-corrected chi connectivity index (χ2v) is 7.08. The molecule has 0 spiro atoms. The second-order valence-electron chi connectivity index (χ2n) is 7.08. The molecule has 0 bridgehead atoms. The van der Waals surface area contributed by atoms with E-state index in [1.807, 2.05) is 0 Å². The van der Waals surface area contributed by atoms with Gasteiger partial charge in [-0.2, -0.15) is 0 Å². The number of nitrogens with two attached hydrogens (primary N) is 1. The van der Waals surface area contributed by atoms with Gasteiger partial charge in [0.25, 0.3) is 0 Å². The molecule has 0 aliphatic heterocycles. The van der Waals surface area contributed by atoms with E-state index < -0.39 is 5.91 Å². The van der Waals surface area contributed by atoms with Crippen molar-refractivity contribution in [2.45, 2.75) is 53.0 Å². The molecule has 1 fully saturated rings. The maximum Gasteiger partial charge on any atom is 0.243 e. The van der Waals surface area contributed by atoms with Crippen LogP contribution in [0.15, 0.2) is 0 Å². The first kappa shape index (κ1) is 15.4. The summed E-state index contributed by atoms with van der Waals surface area (Å²) in [7, 11) is 0. The maximum atomic E-state index is 10.5. The van der Waals surface area contributed by atoms with E-state index in [0.29, 0.717) is 23.5 Å². The van der Waals surface area contributed by atoms with Crippen molar-refractivity contribution < 1.29 is 9.53 Å². The highest BCUT2D eigenvalue weighted by Crippen LogP contribution is 2.45. The lowest BCUT2D eigenvalue weighted by atomic mass is 9.63. The lowest BCUT2D eigenvalue weighted by Gasteiger charge is -2.45. The number of carbonyl (C=O) groups is 1. The van der Waals surface area contributed by atoms with Gasteiger partial charge in [0.1, 0.15) is 6.61 Å². The van der Waals surface area contributed by atoms with E-state index in [4.69, 9.17) is 10.5 Å². The lowest BCUT2D eigenvalue weighted by molar-refractivity contribution is -0.122. The minimum absolute atomic E-state index is 0.0172. The molecule has 0 aromatic carbocycles. The van der Waals surface area contributed by atoms with Gasteiger partial charge in [0.05, 0.1) is 6.61 Å². The molecule has 1 amide bonds. The number of amides is 1. The molecule has 0 heterocycles. The molecule has 0 unspecified atom stereocenters. The average Bonchev–Trinajstić information content (AvgIpc) is 2.11. The normalized spacial score (nSPS) is 22.9. The van der Waals surface area contributed by atoms with E-state index >= 15 is 0 Å². The molecule has 3 N–H and O–H groups in total. The van der Waals surface area contributed by atoms with Gasteiger partial charge in [-0.3, -0.25) is 4.79 Å². The first-order chi connectivity index (χ1) is 8.20. The molecule has 0 saturated heterocycles. The van der Waals surface area contributed by atoms with Crippen molar-refractivity contribution >= 4 is 5.91 Å². The van der Waals surface area contributed by atoms with Crippen molar-refractivity contribution in [1.82, 2.24) is 5.32 Å².